The van der Waals surface area contributed by atoms with E-state index in [1.165, 1.54) is 30.9 Å². The zero-order valence-corrected chi connectivity index (χ0v) is 18.2. The molecule has 0 spiro atoms. The van der Waals surface area contributed by atoms with E-state index in [9.17, 15) is 9.59 Å². The summed E-state index contributed by atoms with van der Waals surface area (Å²) in [6.45, 7) is 6.69. The summed E-state index contributed by atoms with van der Waals surface area (Å²) in [6.07, 6.45) is 5.93. The summed E-state index contributed by atoms with van der Waals surface area (Å²) in [5, 5.41) is 8.30. The van der Waals surface area contributed by atoms with E-state index in [1.807, 2.05) is 30.3 Å². The van der Waals surface area contributed by atoms with Crippen molar-refractivity contribution in [2.75, 3.05) is 25.0 Å². The number of likely N-dealkylation sites (tertiary alicyclic amines) is 1. The third-order valence-electron chi connectivity index (χ3n) is 5.71. The summed E-state index contributed by atoms with van der Waals surface area (Å²) in [7, 11) is 0. The summed E-state index contributed by atoms with van der Waals surface area (Å²) in [4.78, 5) is 31.7. The van der Waals surface area contributed by atoms with Gasteiger partial charge in [0.25, 0.3) is 0 Å². The van der Waals surface area contributed by atoms with Crippen molar-refractivity contribution in [2.24, 2.45) is 5.92 Å². The van der Waals surface area contributed by atoms with E-state index in [2.05, 4.69) is 27.2 Å². The van der Waals surface area contributed by atoms with Crippen LogP contribution in [-0.2, 0) is 4.79 Å². The van der Waals surface area contributed by atoms with Crippen molar-refractivity contribution in [1.82, 2.24) is 19.7 Å². The smallest absolute Gasteiger partial charge is 0.245 e. The van der Waals surface area contributed by atoms with E-state index in [1.54, 1.807) is 12.3 Å². The van der Waals surface area contributed by atoms with Gasteiger partial charge in [0.15, 0.2) is 0 Å². The number of para-hydroxylation sites is 1. The first kappa shape index (κ1) is 21.2. The Bertz CT molecular complexity index is 1080. The maximum atomic E-state index is 12.7. The fraction of sp³-hybridized carbons (Fsp3) is 0.417. The molecule has 1 atom stereocenters. The molecule has 31 heavy (non-hydrogen) atoms. The molecule has 2 aromatic heterocycles. The number of aromatic nitrogens is 3. The second-order valence-corrected chi connectivity index (χ2v) is 8.48. The van der Waals surface area contributed by atoms with E-state index in [0.717, 1.165) is 36.1 Å². The molecule has 3 heterocycles. The van der Waals surface area contributed by atoms with Crippen LogP contribution >= 0.6 is 0 Å². The van der Waals surface area contributed by atoms with Crippen molar-refractivity contribution in [3.63, 3.8) is 0 Å². The van der Waals surface area contributed by atoms with Crippen LogP contribution in [0.5, 0.6) is 0 Å². The van der Waals surface area contributed by atoms with E-state index in [4.69, 9.17) is 0 Å². The molecule has 7 nitrogen and oxygen atoms in total. The molecule has 0 bridgehead atoms. The van der Waals surface area contributed by atoms with Gasteiger partial charge in [0.1, 0.15) is 5.82 Å². The quantitative estimate of drug-likeness (QED) is 0.647. The van der Waals surface area contributed by atoms with E-state index >= 15 is 0 Å². The summed E-state index contributed by atoms with van der Waals surface area (Å²) < 4.78 is 1.25. The number of hydrogen-bond acceptors (Lipinski definition) is 5. The largest absolute Gasteiger partial charge is 0.310 e. The van der Waals surface area contributed by atoms with Gasteiger partial charge in [-0.3, -0.25) is 14.6 Å². The normalized spacial score (nSPS) is 15.7. The Labute approximate surface area is 182 Å². The zero-order chi connectivity index (χ0) is 21.8. The monoisotopic (exact) mass is 419 g/mol. The Hall–Kier alpha value is -3.06. The Morgan fingerprint density at radius 2 is 1.90 bits per heavy atom. The highest BCUT2D eigenvalue weighted by Crippen LogP contribution is 2.25. The van der Waals surface area contributed by atoms with Crippen LogP contribution in [-0.4, -0.2) is 51.1 Å². The minimum atomic E-state index is -0.253. The number of pyridine rings is 1. The molecule has 162 valence electrons. The van der Waals surface area contributed by atoms with Gasteiger partial charge in [0, 0.05) is 43.1 Å². The third-order valence-corrected chi connectivity index (χ3v) is 5.71. The summed E-state index contributed by atoms with van der Waals surface area (Å²) in [5.41, 5.74) is 2.30. The predicted octanol–water partition coefficient (Wildman–Crippen LogP) is 4.21. The highest BCUT2D eigenvalue weighted by molar-refractivity contribution is 5.93. The molecule has 0 radical (unpaired) electrons. The molecule has 7 heteroatoms. The van der Waals surface area contributed by atoms with Crippen LogP contribution in [0.3, 0.4) is 0 Å². The average Bonchev–Trinajstić information content (AvgIpc) is 3.18. The second kappa shape index (κ2) is 9.39. The molecule has 1 aliphatic heterocycles. The lowest BCUT2D eigenvalue weighted by molar-refractivity contribution is -0.117. The standard InChI is InChI=1S/C24H29N5O2/c1-17(16-28-10-6-3-7-11-28)12-24(31)26-23-14-22(27-29(23)18(2)30)20-13-19-8-4-5-9-21(19)25-15-20/h4-5,8-9,13-15,17H,3,6-7,10-12,16H2,1-2H3,(H,26,31). The summed E-state index contributed by atoms with van der Waals surface area (Å²) in [5.74, 6) is 0.286. The van der Waals surface area contributed by atoms with Gasteiger partial charge in [-0.2, -0.15) is 9.78 Å². The lowest BCUT2D eigenvalue weighted by Gasteiger charge is -2.28. The van der Waals surface area contributed by atoms with E-state index in [0.29, 0.717) is 17.9 Å². The molecule has 0 saturated carbocycles. The second-order valence-electron chi connectivity index (χ2n) is 8.48. The Balaban J connectivity index is 1.47. The Morgan fingerprint density at radius 1 is 1.13 bits per heavy atom. The van der Waals surface area contributed by atoms with Gasteiger partial charge in [-0.05, 0) is 44.0 Å². The van der Waals surface area contributed by atoms with Crippen LogP contribution in [0.2, 0.25) is 0 Å². The maximum Gasteiger partial charge on any atom is 0.245 e. The zero-order valence-electron chi connectivity index (χ0n) is 18.2. The van der Waals surface area contributed by atoms with Crippen LogP contribution < -0.4 is 5.32 Å². The number of nitrogens with one attached hydrogen (secondary N) is 1. The van der Waals surface area contributed by atoms with Crippen LogP contribution in [0.25, 0.3) is 22.2 Å². The predicted molar refractivity (Wildman–Crippen MR) is 122 cm³/mol. The van der Waals surface area contributed by atoms with Gasteiger partial charge >= 0.3 is 0 Å². The van der Waals surface area contributed by atoms with Gasteiger partial charge in [-0.1, -0.05) is 31.5 Å². The van der Waals surface area contributed by atoms with Crippen molar-refractivity contribution >= 4 is 28.5 Å². The van der Waals surface area contributed by atoms with Crippen molar-refractivity contribution in [2.45, 2.75) is 39.5 Å². The first-order chi connectivity index (χ1) is 15.0. The number of piperidine rings is 1. The number of anilines is 1. The average molecular weight is 420 g/mol. The molecule has 1 aliphatic rings. The van der Waals surface area contributed by atoms with Crippen molar-refractivity contribution in [3.8, 4) is 11.3 Å². The number of nitrogens with zero attached hydrogens (tertiary/aromatic N) is 4. The number of rotatable bonds is 6. The fourth-order valence-electron chi connectivity index (χ4n) is 4.22. The highest BCUT2D eigenvalue weighted by atomic mass is 16.2. The van der Waals surface area contributed by atoms with Gasteiger partial charge in [0.2, 0.25) is 11.8 Å². The molecule has 1 amide bonds. The molecular formula is C24H29N5O2. The summed E-state index contributed by atoms with van der Waals surface area (Å²) in [6, 6.07) is 11.6. The molecule has 1 N–H and O–H groups in total. The number of amides is 1. The number of carbonyl (C=O) groups excluding carboxylic acids is 2. The van der Waals surface area contributed by atoms with Crippen LogP contribution in [0, 0.1) is 5.92 Å². The molecule has 3 aromatic rings. The number of fused-ring (bicyclic) bond motifs is 1. The first-order valence-electron chi connectivity index (χ1n) is 11.0. The minimum Gasteiger partial charge on any atom is -0.310 e. The first-order valence-corrected chi connectivity index (χ1v) is 11.0. The minimum absolute atomic E-state index is 0.102. The molecule has 4 rings (SSSR count). The van der Waals surface area contributed by atoms with E-state index < -0.39 is 0 Å². The van der Waals surface area contributed by atoms with Crippen molar-refractivity contribution in [3.05, 3.63) is 42.6 Å². The fourth-order valence-corrected chi connectivity index (χ4v) is 4.22. The maximum absolute atomic E-state index is 12.7. The topological polar surface area (TPSA) is 80.1 Å². The molecular weight excluding hydrogens is 390 g/mol. The third kappa shape index (κ3) is 5.17. The van der Waals surface area contributed by atoms with Gasteiger partial charge in [-0.25, -0.2) is 0 Å². The van der Waals surface area contributed by atoms with Crippen LogP contribution in [0.1, 0.15) is 44.3 Å². The molecule has 0 aliphatic carbocycles. The number of benzene rings is 1. The lowest BCUT2D eigenvalue weighted by atomic mass is 10.0. The SMILES string of the molecule is CC(=O)n1nc(-c2cnc3ccccc3c2)cc1NC(=O)CC(C)CN1CCCCC1. The molecule has 1 saturated heterocycles. The van der Waals surface area contributed by atoms with Gasteiger partial charge in [-0.15, -0.1) is 0 Å². The molecule has 1 aromatic carbocycles. The van der Waals surface area contributed by atoms with E-state index in [-0.39, 0.29) is 17.7 Å². The molecule has 1 unspecified atom stereocenters. The van der Waals surface area contributed by atoms with Crippen molar-refractivity contribution in [1.29, 1.82) is 0 Å². The summed E-state index contributed by atoms with van der Waals surface area (Å²) >= 11 is 0. The van der Waals surface area contributed by atoms with Crippen LogP contribution in [0.4, 0.5) is 5.82 Å². The molecule has 1 fully saturated rings. The van der Waals surface area contributed by atoms with Gasteiger partial charge in [0.05, 0.1) is 11.2 Å². The lowest BCUT2D eigenvalue weighted by Crippen LogP contribution is -2.34. The number of hydrogen-bond donors (Lipinski definition) is 1. The Kier molecular flexibility index (Phi) is 6.42. The number of carbonyl (C=O) groups is 2. The Morgan fingerprint density at radius 3 is 2.68 bits per heavy atom. The van der Waals surface area contributed by atoms with Gasteiger partial charge < -0.3 is 10.2 Å². The van der Waals surface area contributed by atoms with Crippen LogP contribution in [0.15, 0.2) is 42.6 Å². The van der Waals surface area contributed by atoms with Crippen molar-refractivity contribution < 1.29 is 9.59 Å². The highest BCUT2D eigenvalue weighted by Gasteiger charge is 2.19.